The Hall–Kier alpha value is -3.11. The van der Waals surface area contributed by atoms with Crippen LogP contribution in [0.3, 0.4) is 0 Å². The van der Waals surface area contributed by atoms with Crippen LogP contribution in [0, 0.1) is 0 Å². The summed E-state index contributed by atoms with van der Waals surface area (Å²) in [6, 6.07) is 19.5. The van der Waals surface area contributed by atoms with Crippen molar-refractivity contribution in [1.29, 1.82) is 0 Å². The Labute approximate surface area is 213 Å². The molecule has 1 unspecified atom stereocenters. The molecule has 0 amide bonds. The van der Waals surface area contributed by atoms with E-state index in [0.717, 1.165) is 31.2 Å². The number of benzene rings is 3. The highest BCUT2D eigenvalue weighted by Gasteiger charge is 2.19. The van der Waals surface area contributed by atoms with Crippen LogP contribution >= 0.6 is 11.6 Å². The summed E-state index contributed by atoms with van der Waals surface area (Å²) in [6.07, 6.45) is 6.54. The minimum atomic E-state index is -0.564. The van der Waals surface area contributed by atoms with Crippen LogP contribution in [0.25, 0.3) is 0 Å². The van der Waals surface area contributed by atoms with E-state index in [-0.39, 0.29) is 22.3 Å². The Bertz CT molecular complexity index is 1140. The average molecular weight is 493 g/mol. The van der Waals surface area contributed by atoms with Gasteiger partial charge in [0.15, 0.2) is 0 Å². The monoisotopic (exact) mass is 492 g/mol. The molecule has 0 aliphatic carbocycles. The van der Waals surface area contributed by atoms with Crippen LogP contribution in [0.15, 0.2) is 66.7 Å². The second kappa shape index (κ2) is 13.1. The summed E-state index contributed by atoms with van der Waals surface area (Å²) in [4.78, 5) is 25.5. The van der Waals surface area contributed by atoms with Gasteiger partial charge in [0, 0.05) is 6.07 Å². The number of carbonyl (C=O) groups is 2. The van der Waals surface area contributed by atoms with Gasteiger partial charge in [0.25, 0.3) is 0 Å². The molecule has 5 heteroatoms. The molecule has 4 nitrogen and oxygen atoms in total. The number of ether oxygens (including phenoxy) is 2. The summed E-state index contributed by atoms with van der Waals surface area (Å²) in [5, 5.41) is 0.157. The number of halogens is 1. The van der Waals surface area contributed by atoms with Crippen molar-refractivity contribution in [2.75, 3.05) is 0 Å². The first-order chi connectivity index (χ1) is 16.9. The second-order valence-electron chi connectivity index (χ2n) is 8.80. The predicted molar refractivity (Wildman–Crippen MR) is 141 cm³/mol. The summed E-state index contributed by atoms with van der Waals surface area (Å²) in [7, 11) is 0. The van der Waals surface area contributed by atoms with Crippen molar-refractivity contribution < 1.29 is 19.1 Å². The summed E-state index contributed by atoms with van der Waals surface area (Å²) >= 11 is 6.35. The van der Waals surface area contributed by atoms with E-state index in [9.17, 15) is 9.59 Å². The zero-order chi connectivity index (χ0) is 25.2. The summed E-state index contributed by atoms with van der Waals surface area (Å²) in [5.74, 6) is -0.0428. The van der Waals surface area contributed by atoms with Gasteiger partial charge in [-0.1, -0.05) is 82.0 Å². The fourth-order valence-electron chi connectivity index (χ4n) is 4.05. The van der Waals surface area contributed by atoms with Gasteiger partial charge in [-0.3, -0.25) is 0 Å². The molecule has 0 aliphatic heterocycles. The lowest BCUT2D eigenvalue weighted by Crippen LogP contribution is -2.13. The maximum absolute atomic E-state index is 12.9. The molecular formula is C30H33ClO4. The van der Waals surface area contributed by atoms with Gasteiger partial charge >= 0.3 is 11.9 Å². The highest BCUT2D eigenvalue weighted by molar-refractivity contribution is 6.33. The van der Waals surface area contributed by atoms with E-state index in [4.69, 9.17) is 21.1 Å². The van der Waals surface area contributed by atoms with Crippen molar-refractivity contribution in [1.82, 2.24) is 0 Å². The fraction of sp³-hybridized carbons (Fsp3) is 0.333. The quantitative estimate of drug-likeness (QED) is 0.153. The van der Waals surface area contributed by atoms with Crippen molar-refractivity contribution in [3.05, 3.63) is 94.0 Å². The number of esters is 2. The molecule has 0 radical (unpaired) electrons. The largest absolute Gasteiger partial charge is 0.423 e. The second-order valence-corrected chi connectivity index (χ2v) is 9.21. The molecule has 0 N–H and O–H groups in total. The van der Waals surface area contributed by atoms with Crippen molar-refractivity contribution in [2.45, 2.75) is 65.2 Å². The number of hydrogen-bond donors (Lipinski definition) is 0. The summed E-state index contributed by atoms with van der Waals surface area (Å²) in [5.41, 5.74) is 2.91. The molecule has 1 atom stereocenters. The van der Waals surface area contributed by atoms with Crippen LogP contribution < -0.4 is 9.47 Å². The highest BCUT2D eigenvalue weighted by Crippen LogP contribution is 2.28. The van der Waals surface area contributed by atoms with E-state index in [1.807, 2.05) is 30.3 Å². The molecule has 184 valence electrons. The van der Waals surface area contributed by atoms with E-state index in [2.05, 4.69) is 20.8 Å². The van der Waals surface area contributed by atoms with Gasteiger partial charge in [-0.15, -0.1) is 0 Å². The molecule has 35 heavy (non-hydrogen) atoms. The molecule has 0 fully saturated rings. The zero-order valence-corrected chi connectivity index (χ0v) is 21.4. The van der Waals surface area contributed by atoms with Crippen molar-refractivity contribution in [3.8, 4) is 11.5 Å². The van der Waals surface area contributed by atoms with E-state index >= 15 is 0 Å². The summed E-state index contributed by atoms with van der Waals surface area (Å²) < 4.78 is 11.1. The van der Waals surface area contributed by atoms with Gasteiger partial charge in [-0.25, -0.2) is 9.59 Å². The maximum atomic E-state index is 12.9. The van der Waals surface area contributed by atoms with Crippen LogP contribution in [-0.2, 0) is 6.42 Å². The van der Waals surface area contributed by atoms with Crippen LogP contribution in [0.1, 0.15) is 90.6 Å². The van der Waals surface area contributed by atoms with Gasteiger partial charge in [0.2, 0.25) is 0 Å². The standard InChI is InChI=1S/C30H33ClO4/c1-4-6-7-11-22-14-16-23(17-15-22)34-30(33)27-19-18-24(20-28(27)31)35-29(32)26-13-9-8-12-25(26)21(3)10-5-2/h8-9,12-21H,4-7,10-11H2,1-3H3. The zero-order valence-electron chi connectivity index (χ0n) is 20.7. The third-order valence-corrected chi connectivity index (χ3v) is 6.32. The molecule has 0 aromatic heterocycles. The lowest BCUT2D eigenvalue weighted by Gasteiger charge is -2.15. The highest BCUT2D eigenvalue weighted by atomic mass is 35.5. The van der Waals surface area contributed by atoms with Crippen LogP contribution in [0.4, 0.5) is 0 Å². The number of aryl methyl sites for hydroxylation is 1. The Morgan fingerprint density at radius 3 is 2.14 bits per heavy atom. The number of rotatable bonds is 11. The molecule has 0 aliphatic rings. The van der Waals surface area contributed by atoms with Gasteiger partial charge in [0.1, 0.15) is 11.5 Å². The molecule has 3 rings (SSSR count). The van der Waals surface area contributed by atoms with E-state index < -0.39 is 11.9 Å². The van der Waals surface area contributed by atoms with Crippen molar-refractivity contribution in [3.63, 3.8) is 0 Å². The van der Waals surface area contributed by atoms with Gasteiger partial charge in [-0.05, 0) is 66.6 Å². The van der Waals surface area contributed by atoms with Crippen LogP contribution in [-0.4, -0.2) is 11.9 Å². The van der Waals surface area contributed by atoms with E-state index in [1.54, 1.807) is 24.3 Å². The molecule has 0 saturated heterocycles. The van der Waals surface area contributed by atoms with Gasteiger partial charge < -0.3 is 9.47 Å². The Balaban J connectivity index is 1.66. The SMILES string of the molecule is CCCCCc1ccc(OC(=O)c2ccc(OC(=O)c3ccccc3C(C)CCC)cc2Cl)cc1. The maximum Gasteiger partial charge on any atom is 0.345 e. The molecule has 0 heterocycles. The first-order valence-corrected chi connectivity index (χ1v) is 12.7. The van der Waals surface area contributed by atoms with Crippen LogP contribution in [0.2, 0.25) is 5.02 Å². The van der Waals surface area contributed by atoms with Gasteiger partial charge in [0.05, 0.1) is 16.1 Å². The summed E-state index contributed by atoms with van der Waals surface area (Å²) in [6.45, 7) is 6.40. The molecule has 3 aromatic carbocycles. The first kappa shape index (κ1) is 26.5. The molecule has 0 saturated carbocycles. The third kappa shape index (κ3) is 7.43. The minimum absolute atomic E-state index is 0.157. The van der Waals surface area contributed by atoms with Gasteiger partial charge in [-0.2, -0.15) is 0 Å². The molecular weight excluding hydrogens is 460 g/mol. The predicted octanol–water partition coefficient (Wildman–Crippen LogP) is 8.41. The molecule has 3 aromatic rings. The number of hydrogen-bond acceptors (Lipinski definition) is 4. The fourth-order valence-corrected chi connectivity index (χ4v) is 4.30. The third-order valence-electron chi connectivity index (χ3n) is 6.01. The van der Waals surface area contributed by atoms with E-state index in [1.165, 1.54) is 30.5 Å². The van der Waals surface area contributed by atoms with Crippen molar-refractivity contribution in [2.24, 2.45) is 0 Å². The van der Waals surface area contributed by atoms with Crippen molar-refractivity contribution >= 4 is 23.5 Å². The molecule has 0 spiro atoms. The normalized spacial score (nSPS) is 11.7. The Morgan fingerprint density at radius 1 is 0.800 bits per heavy atom. The lowest BCUT2D eigenvalue weighted by atomic mass is 9.92. The molecule has 0 bridgehead atoms. The average Bonchev–Trinajstić information content (AvgIpc) is 2.85. The smallest absolute Gasteiger partial charge is 0.345 e. The first-order valence-electron chi connectivity index (χ1n) is 12.3. The lowest BCUT2D eigenvalue weighted by molar-refractivity contribution is 0.0729. The minimum Gasteiger partial charge on any atom is -0.423 e. The topological polar surface area (TPSA) is 52.6 Å². The number of carbonyl (C=O) groups excluding carboxylic acids is 2. The van der Waals surface area contributed by atoms with E-state index in [0.29, 0.717) is 11.3 Å². The Kier molecular flexibility index (Phi) is 9.92. The Morgan fingerprint density at radius 2 is 1.46 bits per heavy atom. The number of unbranched alkanes of at least 4 members (excludes halogenated alkanes) is 2. The van der Waals surface area contributed by atoms with Crippen LogP contribution in [0.5, 0.6) is 11.5 Å².